The second-order valence-corrected chi connectivity index (χ2v) is 6.24. The van der Waals surface area contributed by atoms with Gasteiger partial charge in [0.15, 0.2) is 0 Å². The topological polar surface area (TPSA) is 41.6 Å². The Morgan fingerprint density at radius 2 is 2.00 bits per heavy atom. The number of nitrogens with one attached hydrogen (secondary N) is 1. The van der Waals surface area contributed by atoms with Crippen molar-refractivity contribution in [1.82, 2.24) is 10.2 Å². The second-order valence-electron chi connectivity index (χ2n) is 6.24. The first-order chi connectivity index (χ1) is 7.93. The van der Waals surface area contributed by atoms with Crippen molar-refractivity contribution >= 4 is 6.09 Å². The van der Waals surface area contributed by atoms with Gasteiger partial charge in [-0.1, -0.05) is 0 Å². The van der Waals surface area contributed by atoms with Crippen LogP contribution in [0.2, 0.25) is 0 Å². The fourth-order valence-corrected chi connectivity index (χ4v) is 2.94. The molecule has 4 heteroatoms. The van der Waals surface area contributed by atoms with Gasteiger partial charge in [-0.3, -0.25) is 0 Å². The minimum atomic E-state index is -0.400. The van der Waals surface area contributed by atoms with Crippen LogP contribution in [-0.4, -0.2) is 41.8 Å². The Balaban J connectivity index is 2.06. The van der Waals surface area contributed by atoms with Crippen molar-refractivity contribution in [3.8, 4) is 0 Å². The zero-order valence-corrected chi connectivity index (χ0v) is 11.2. The van der Waals surface area contributed by atoms with Crippen LogP contribution >= 0.6 is 0 Å². The zero-order valence-electron chi connectivity index (χ0n) is 11.2. The molecule has 0 aliphatic carbocycles. The Morgan fingerprint density at radius 3 is 2.59 bits per heavy atom. The third-order valence-corrected chi connectivity index (χ3v) is 3.66. The summed E-state index contributed by atoms with van der Waals surface area (Å²) in [6, 6.07) is 0. The lowest BCUT2D eigenvalue weighted by molar-refractivity contribution is 0.00335. The van der Waals surface area contributed by atoms with Crippen LogP contribution in [0.3, 0.4) is 0 Å². The highest BCUT2D eigenvalue weighted by atomic mass is 16.6. The van der Waals surface area contributed by atoms with Crippen molar-refractivity contribution in [3.63, 3.8) is 0 Å². The molecule has 1 amide bonds. The zero-order chi connectivity index (χ0) is 12.5. The Morgan fingerprint density at radius 1 is 1.29 bits per heavy atom. The van der Waals surface area contributed by atoms with Gasteiger partial charge in [-0.05, 0) is 53.0 Å². The summed E-state index contributed by atoms with van der Waals surface area (Å²) in [4.78, 5) is 14.2. The molecule has 2 heterocycles. The van der Waals surface area contributed by atoms with Gasteiger partial charge in [0.25, 0.3) is 0 Å². The van der Waals surface area contributed by atoms with Crippen molar-refractivity contribution in [2.45, 2.75) is 57.6 Å². The van der Waals surface area contributed by atoms with Crippen molar-refractivity contribution < 1.29 is 9.53 Å². The van der Waals surface area contributed by atoms with E-state index in [0.717, 1.165) is 45.3 Å². The highest BCUT2D eigenvalue weighted by molar-refractivity contribution is 5.69. The lowest BCUT2D eigenvalue weighted by Gasteiger charge is -2.42. The van der Waals surface area contributed by atoms with Crippen LogP contribution in [0.5, 0.6) is 0 Å². The van der Waals surface area contributed by atoms with Crippen LogP contribution in [-0.2, 0) is 4.74 Å². The fourth-order valence-electron chi connectivity index (χ4n) is 2.94. The van der Waals surface area contributed by atoms with Gasteiger partial charge in [0.2, 0.25) is 0 Å². The molecule has 4 nitrogen and oxygen atoms in total. The van der Waals surface area contributed by atoms with Gasteiger partial charge in [0, 0.05) is 13.1 Å². The molecule has 0 saturated carbocycles. The first kappa shape index (κ1) is 12.7. The molecule has 0 unspecified atom stereocenters. The first-order valence-corrected chi connectivity index (χ1v) is 6.64. The summed E-state index contributed by atoms with van der Waals surface area (Å²) in [5.41, 5.74) is -0.371. The monoisotopic (exact) mass is 240 g/mol. The normalized spacial score (nSPS) is 29.7. The lowest BCUT2D eigenvalue weighted by Crippen LogP contribution is -2.57. The maximum Gasteiger partial charge on any atom is 0.410 e. The molecule has 0 aromatic rings. The van der Waals surface area contributed by atoms with Gasteiger partial charge >= 0.3 is 6.09 Å². The van der Waals surface area contributed by atoms with Crippen LogP contribution in [0.1, 0.15) is 46.5 Å². The Hall–Kier alpha value is -0.770. The van der Waals surface area contributed by atoms with E-state index in [1.807, 2.05) is 25.7 Å². The quantitative estimate of drug-likeness (QED) is 0.705. The summed E-state index contributed by atoms with van der Waals surface area (Å²) >= 11 is 0. The van der Waals surface area contributed by atoms with E-state index < -0.39 is 5.60 Å². The average Bonchev–Trinajstić information content (AvgIpc) is 2.60. The van der Waals surface area contributed by atoms with Crippen LogP contribution in [0.15, 0.2) is 0 Å². The molecule has 2 aliphatic heterocycles. The molecule has 1 spiro atoms. The Labute approximate surface area is 104 Å². The number of likely N-dealkylation sites (tertiary alicyclic amines) is 1. The summed E-state index contributed by atoms with van der Waals surface area (Å²) in [7, 11) is 0. The molecule has 0 aromatic carbocycles. The number of carbonyl (C=O) groups excluding carboxylic acids is 1. The van der Waals surface area contributed by atoms with E-state index in [0.29, 0.717) is 0 Å². The predicted octanol–water partition coefficient (Wildman–Crippen LogP) is 2.14. The van der Waals surface area contributed by atoms with Crippen molar-refractivity contribution in [1.29, 1.82) is 0 Å². The predicted molar refractivity (Wildman–Crippen MR) is 67.0 cm³/mol. The number of hydrogen-bond donors (Lipinski definition) is 1. The SMILES string of the molecule is CC(C)(C)OC(=O)N1CCC[C@@]12CCCNC2. The van der Waals surface area contributed by atoms with Gasteiger partial charge in [-0.2, -0.15) is 0 Å². The number of nitrogens with zero attached hydrogens (tertiary/aromatic N) is 1. The van der Waals surface area contributed by atoms with E-state index in [1.165, 1.54) is 0 Å². The molecule has 2 rings (SSSR count). The summed E-state index contributed by atoms with van der Waals surface area (Å²) in [5, 5.41) is 3.42. The van der Waals surface area contributed by atoms with Crippen molar-refractivity contribution in [3.05, 3.63) is 0 Å². The number of hydrogen-bond acceptors (Lipinski definition) is 3. The van der Waals surface area contributed by atoms with Gasteiger partial charge in [-0.25, -0.2) is 4.79 Å². The van der Waals surface area contributed by atoms with Crippen LogP contribution in [0.25, 0.3) is 0 Å². The minimum absolute atomic E-state index is 0.0284. The summed E-state index contributed by atoms with van der Waals surface area (Å²) in [5.74, 6) is 0. The molecule has 1 atom stereocenters. The molecule has 0 bridgehead atoms. The molecule has 17 heavy (non-hydrogen) atoms. The van der Waals surface area contributed by atoms with Gasteiger partial charge < -0.3 is 15.0 Å². The molecule has 2 saturated heterocycles. The number of carbonyl (C=O) groups is 1. The number of ether oxygens (including phenoxy) is 1. The smallest absolute Gasteiger partial charge is 0.410 e. The van der Waals surface area contributed by atoms with Gasteiger partial charge in [0.1, 0.15) is 5.60 Å². The first-order valence-electron chi connectivity index (χ1n) is 6.64. The fraction of sp³-hybridized carbons (Fsp3) is 0.923. The standard InChI is InChI=1S/C13H24N2O2/c1-12(2,3)17-11(16)15-9-5-7-13(15)6-4-8-14-10-13/h14H,4-10H2,1-3H3/t13-/m1/s1. The highest BCUT2D eigenvalue weighted by Gasteiger charge is 2.45. The van der Waals surface area contributed by atoms with E-state index in [4.69, 9.17) is 4.74 Å². The summed E-state index contributed by atoms with van der Waals surface area (Å²) < 4.78 is 5.51. The average molecular weight is 240 g/mol. The third-order valence-electron chi connectivity index (χ3n) is 3.66. The van der Waals surface area contributed by atoms with Crippen LogP contribution < -0.4 is 5.32 Å². The van der Waals surface area contributed by atoms with Gasteiger partial charge in [0.05, 0.1) is 5.54 Å². The molecular formula is C13H24N2O2. The number of piperidine rings is 1. The summed E-state index contributed by atoms with van der Waals surface area (Å²) in [6.45, 7) is 8.61. The molecule has 0 aromatic heterocycles. The Kier molecular flexibility index (Phi) is 3.34. The maximum absolute atomic E-state index is 12.2. The second kappa shape index (κ2) is 4.48. The molecular weight excluding hydrogens is 216 g/mol. The Bertz CT molecular complexity index is 290. The van der Waals surface area contributed by atoms with E-state index in [1.54, 1.807) is 0 Å². The van der Waals surface area contributed by atoms with E-state index >= 15 is 0 Å². The number of amides is 1. The molecule has 1 N–H and O–H groups in total. The lowest BCUT2D eigenvalue weighted by atomic mass is 9.88. The van der Waals surface area contributed by atoms with E-state index in [-0.39, 0.29) is 11.6 Å². The third kappa shape index (κ3) is 2.73. The number of rotatable bonds is 0. The summed E-state index contributed by atoms with van der Waals surface area (Å²) in [6.07, 6.45) is 4.33. The van der Waals surface area contributed by atoms with E-state index in [2.05, 4.69) is 5.32 Å². The molecule has 2 aliphatic rings. The van der Waals surface area contributed by atoms with Crippen LogP contribution in [0.4, 0.5) is 4.79 Å². The van der Waals surface area contributed by atoms with E-state index in [9.17, 15) is 4.79 Å². The molecule has 0 radical (unpaired) electrons. The largest absolute Gasteiger partial charge is 0.444 e. The van der Waals surface area contributed by atoms with Crippen LogP contribution in [0, 0.1) is 0 Å². The minimum Gasteiger partial charge on any atom is -0.444 e. The molecule has 98 valence electrons. The van der Waals surface area contributed by atoms with Crippen molar-refractivity contribution in [2.24, 2.45) is 0 Å². The van der Waals surface area contributed by atoms with Gasteiger partial charge in [-0.15, -0.1) is 0 Å². The van der Waals surface area contributed by atoms with Crippen molar-refractivity contribution in [2.75, 3.05) is 19.6 Å². The molecule has 2 fully saturated rings. The maximum atomic E-state index is 12.2. The highest BCUT2D eigenvalue weighted by Crippen LogP contribution is 2.35.